The summed E-state index contributed by atoms with van der Waals surface area (Å²) in [5, 5.41) is 24.5. The molecule has 1 aliphatic heterocycles. The molecule has 2 unspecified atom stereocenters. The van der Waals surface area contributed by atoms with Gasteiger partial charge in [0.25, 0.3) is 0 Å². The average Bonchev–Trinajstić information content (AvgIpc) is 4.01. The molecule has 8 rings (SSSR count). The lowest BCUT2D eigenvalue weighted by atomic mass is 9.46. The van der Waals surface area contributed by atoms with Gasteiger partial charge in [0, 0.05) is 59.7 Å². The molecule has 2 heterocycles. The Balaban J connectivity index is 1.11. The van der Waals surface area contributed by atoms with Gasteiger partial charge in [0.05, 0.1) is 30.2 Å². The molecule has 0 bridgehead atoms. The number of carbonyl (C=O) groups excluding carboxylic acids is 4. The number of aliphatic hydroxyl groups excluding tert-OH is 1. The van der Waals surface area contributed by atoms with E-state index in [2.05, 4.69) is 6.92 Å². The molecule has 1 aromatic carbocycles. The molecule has 2 aromatic rings. The van der Waals surface area contributed by atoms with Gasteiger partial charge in [0.2, 0.25) is 17.1 Å². The van der Waals surface area contributed by atoms with Gasteiger partial charge in [-0.2, -0.15) is 0 Å². The second-order valence-corrected chi connectivity index (χ2v) is 20.9. The highest BCUT2D eigenvalue weighted by atomic mass is 19.1. The number of esters is 1. The van der Waals surface area contributed by atoms with Crippen molar-refractivity contribution in [3.63, 3.8) is 0 Å². The van der Waals surface area contributed by atoms with E-state index in [9.17, 15) is 34.2 Å². The van der Waals surface area contributed by atoms with E-state index >= 15 is 4.39 Å². The van der Waals surface area contributed by atoms with E-state index in [-0.39, 0.29) is 93.9 Å². The summed E-state index contributed by atoms with van der Waals surface area (Å²) < 4.78 is 30.9. The van der Waals surface area contributed by atoms with Gasteiger partial charge in [-0.25, -0.2) is 9.18 Å². The normalized spacial score (nSPS) is 32.3. The van der Waals surface area contributed by atoms with Gasteiger partial charge in [-0.15, -0.1) is 0 Å². The number of benzene rings is 1. The molecule has 4 saturated carbocycles. The number of aryl methyl sites for hydroxylation is 1. The number of hydrogen-bond donors (Lipinski definition) is 3. The molecule has 4 N–H and O–H groups in total. The number of methoxy groups -OCH3 is 1. The fourth-order valence-electron chi connectivity index (χ4n) is 12.9. The van der Waals surface area contributed by atoms with Crippen LogP contribution in [0.1, 0.15) is 121 Å². The highest BCUT2D eigenvalue weighted by molar-refractivity contribution is 6.03. The maximum absolute atomic E-state index is 17.0. The first-order chi connectivity index (χ1) is 29.4. The molecule has 5 aliphatic carbocycles. The van der Waals surface area contributed by atoms with Crippen LogP contribution >= 0.6 is 0 Å². The van der Waals surface area contributed by atoms with Crippen LogP contribution in [0, 0.1) is 54.2 Å². The number of fused-ring (bicyclic) bond motifs is 6. The minimum Gasteiger partial charge on any atom is -0.492 e. The van der Waals surface area contributed by atoms with Crippen LogP contribution in [0.25, 0.3) is 10.9 Å². The SMILES string of the molecule is COc1c(N2CCN(C(=O)C(N)C(C)C)C(C)C2)c(F)c(C)c2c(=O)c(C(=O)OC(C)(C)C(=O)[C@@]3(O)CC[C@H]4[C@@H]5CCC6=CC(=O)C=C[C@]6(C)[C@H]5[C@@H](O)C[C@@]43C)c(C)n(C3CC3)c12. The predicted octanol–water partition coefficient (Wildman–Crippen LogP) is 5.64. The summed E-state index contributed by atoms with van der Waals surface area (Å²) in [6.07, 6.45) is 7.93. The quantitative estimate of drug-likeness (QED) is 0.266. The number of ketones is 2. The van der Waals surface area contributed by atoms with Crippen molar-refractivity contribution in [3.05, 3.63) is 56.7 Å². The van der Waals surface area contributed by atoms with E-state index in [1.165, 1.54) is 27.9 Å². The van der Waals surface area contributed by atoms with Gasteiger partial charge in [-0.05, 0) is 109 Å². The summed E-state index contributed by atoms with van der Waals surface area (Å²) in [6, 6.07) is -1.08. The topological polar surface area (TPSA) is 182 Å². The van der Waals surface area contributed by atoms with Crippen LogP contribution in [0.15, 0.2) is 28.6 Å². The molecule has 63 heavy (non-hydrogen) atoms. The molecule has 5 fully saturated rings. The molecule has 9 atom stereocenters. The molecule has 0 spiro atoms. The van der Waals surface area contributed by atoms with Crippen molar-refractivity contribution in [3.8, 4) is 5.75 Å². The number of ether oxygens (including phenoxy) is 2. The van der Waals surface area contributed by atoms with E-state index in [1.54, 1.807) is 24.0 Å². The van der Waals surface area contributed by atoms with Crippen molar-refractivity contribution in [2.75, 3.05) is 31.6 Å². The number of aliphatic hydroxyl groups is 2. The van der Waals surface area contributed by atoms with Crippen molar-refractivity contribution < 1.29 is 43.3 Å². The number of halogens is 1. The lowest BCUT2D eigenvalue weighted by Crippen LogP contribution is -2.64. The molecular formula is C49H65FN4O9. The Morgan fingerprint density at radius 1 is 1.06 bits per heavy atom. The maximum Gasteiger partial charge on any atom is 0.344 e. The van der Waals surface area contributed by atoms with Crippen LogP contribution in [-0.4, -0.2) is 99.3 Å². The summed E-state index contributed by atoms with van der Waals surface area (Å²) in [7, 11) is 1.42. The zero-order valence-corrected chi connectivity index (χ0v) is 38.5. The summed E-state index contributed by atoms with van der Waals surface area (Å²) in [4.78, 5) is 73.2. The van der Waals surface area contributed by atoms with Crippen LogP contribution < -0.4 is 20.8 Å². The Bertz CT molecular complexity index is 2440. The number of anilines is 1. The Labute approximate surface area is 368 Å². The minimum atomic E-state index is -1.96. The van der Waals surface area contributed by atoms with E-state index in [0.29, 0.717) is 44.4 Å². The average molecular weight is 873 g/mol. The summed E-state index contributed by atoms with van der Waals surface area (Å²) in [5.41, 5.74) is 1.54. The van der Waals surface area contributed by atoms with Crippen molar-refractivity contribution in [1.82, 2.24) is 9.47 Å². The lowest BCUT2D eigenvalue weighted by molar-refractivity contribution is -0.188. The fraction of sp³-hybridized carbons (Fsp3) is 0.653. The molecule has 14 heteroatoms. The third kappa shape index (κ3) is 6.65. The molecule has 13 nitrogen and oxygen atoms in total. The number of amides is 1. The zero-order valence-electron chi connectivity index (χ0n) is 38.5. The first-order valence-electron chi connectivity index (χ1n) is 22.8. The van der Waals surface area contributed by atoms with Gasteiger partial charge in [-0.3, -0.25) is 19.2 Å². The van der Waals surface area contributed by atoms with Crippen LogP contribution in [0.4, 0.5) is 10.1 Å². The number of aromatic nitrogens is 1. The number of allylic oxidation sites excluding steroid dienone is 4. The van der Waals surface area contributed by atoms with E-state index < -0.39 is 57.2 Å². The highest BCUT2D eigenvalue weighted by Gasteiger charge is 2.70. The van der Waals surface area contributed by atoms with E-state index in [1.807, 2.05) is 43.2 Å². The van der Waals surface area contributed by atoms with Gasteiger partial charge in [0.15, 0.2) is 23.0 Å². The summed E-state index contributed by atoms with van der Waals surface area (Å²) in [6.45, 7) is 16.5. The van der Waals surface area contributed by atoms with Crippen molar-refractivity contribution in [2.45, 2.75) is 143 Å². The first-order valence-corrected chi connectivity index (χ1v) is 22.8. The largest absolute Gasteiger partial charge is 0.492 e. The van der Waals surface area contributed by atoms with Gasteiger partial charge in [-0.1, -0.05) is 39.3 Å². The number of Topliss-reactive ketones (excluding diaryl/α,β-unsaturated/α-hetero) is 1. The molecular weight excluding hydrogens is 808 g/mol. The molecule has 1 saturated heterocycles. The molecule has 342 valence electrons. The minimum absolute atomic E-state index is 0.0282. The van der Waals surface area contributed by atoms with Crippen LogP contribution in [0.5, 0.6) is 5.75 Å². The summed E-state index contributed by atoms with van der Waals surface area (Å²) in [5.74, 6) is -2.92. The van der Waals surface area contributed by atoms with Crippen LogP contribution in [-0.2, 0) is 19.1 Å². The van der Waals surface area contributed by atoms with Crippen molar-refractivity contribution >= 4 is 40.0 Å². The second-order valence-electron chi connectivity index (χ2n) is 20.9. The Morgan fingerprint density at radius 3 is 2.37 bits per heavy atom. The first kappa shape index (κ1) is 45.2. The number of rotatable bonds is 9. The standard InChI is InChI=1S/C49H65FN4O9/c1-24(2)38(51)43(58)53-20-19-52(23-25(53)3)40-37(50)26(4)34-39(42(40)62-10)54(29-12-13-29)27(5)35(41(34)57)44(59)63-46(6,7)45(60)49(61)18-16-32-31-14-11-28-21-30(55)15-17-47(28,8)36(31)33(56)22-48(32,49)9/h15,17,21,24-25,29,31-33,36,38,56,61H,11-14,16,18-20,22-23,51H2,1-10H3/t25?,31-,32-,33-,36+,38?,47-,48-,49-/m0/s1. The molecule has 0 radical (unpaired) electrons. The number of carbonyl (C=O) groups is 4. The van der Waals surface area contributed by atoms with Crippen molar-refractivity contribution in [2.24, 2.45) is 40.2 Å². The number of hydrogen-bond acceptors (Lipinski definition) is 11. The maximum atomic E-state index is 17.0. The number of nitrogens with zero attached hydrogens (tertiary/aromatic N) is 3. The molecule has 1 aromatic heterocycles. The lowest BCUT2D eigenvalue weighted by Gasteiger charge is -2.59. The van der Waals surface area contributed by atoms with Gasteiger partial charge in [0.1, 0.15) is 16.9 Å². The molecule has 6 aliphatic rings. The van der Waals surface area contributed by atoms with Crippen LogP contribution in [0.3, 0.4) is 0 Å². The Kier molecular flexibility index (Phi) is 11.0. The van der Waals surface area contributed by atoms with Crippen molar-refractivity contribution in [1.29, 1.82) is 0 Å². The number of piperazine rings is 1. The van der Waals surface area contributed by atoms with Crippen LogP contribution in [0.2, 0.25) is 0 Å². The monoisotopic (exact) mass is 872 g/mol. The summed E-state index contributed by atoms with van der Waals surface area (Å²) >= 11 is 0. The van der Waals surface area contributed by atoms with Gasteiger partial charge >= 0.3 is 5.97 Å². The van der Waals surface area contributed by atoms with Gasteiger partial charge < -0.3 is 39.8 Å². The number of nitrogens with two attached hydrogens (primary N) is 1. The predicted molar refractivity (Wildman–Crippen MR) is 236 cm³/mol. The zero-order chi connectivity index (χ0) is 46.0. The highest BCUT2D eigenvalue weighted by Crippen LogP contribution is 2.67. The fourth-order valence-corrected chi connectivity index (χ4v) is 12.9. The third-order valence-electron chi connectivity index (χ3n) is 16.5. The third-order valence-corrected chi connectivity index (χ3v) is 16.5. The molecule has 1 amide bonds. The smallest absolute Gasteiger partial charge is 0.344 e. The van der Waals surface area contributed by atoms with E-state index in [4.69, 9.17) is 15.2 Å². The number of pyridine rings is 1. The Hall–Kier alpha value is -4.40. The van der Waals surface area contributed by atoms with E-state index in [0.717, 1.165) is 18.4 Å². The second kappa shape index (κ2) is 15.4. The Morgan fingerprint density at radius 2 is 1.75 bits per heavy atom.